The van der Waals surface area contributed by atoms with Crippen LogP contribution in [0.3, 0.4) is 0 Å². The molecule has 0 unspecified atom stereocenters. The molecule has 1 aliphatic rings. The zero-order valence-electron chi connectivity index (χ0n) is 17.2. The first-order valence-electron chi connectivity index (χ1n) is 10.1. The van der Waals surface area contributed by atoms with Gasteiger partial charge in [0.25, 0.3) is 5.91 Å². The molecule has 0 aliphatic carbocycles. The number of rotatable bonds is 6. The van der Waals surface area contributed by atoms with Crippen molar-refractivity contribution in [1.29, 1.82) is 0 Å². The second kappa shape index (κ2) is 9.53. The van der Waals surface area contributed by atoms with Crippen LogP contribution >= 0.6 is 0 Å². The molecule has 3 aromatic rings. The molecule has 2 aromatic carbocycles. The number of nitrogens with one attached hydrogen (secondary N) is 1. The van der Waals surface area contributed by atoms with Gasteiger partial charge in [-0.2, -0.15) is 0 Å². The smallest absolute Gasteiger partial charge is 0.251 e. The lowest BCUT2D eigenvalue weighted by atomic mass is 10.2. The summed E-state index contributed by atoms with van der Waals surface area (Å²) in [6, 6.07) is 14.4. The Labute approximate surface area is 179 Å². The van der Waals surface area contributed by atoms with Crippen molar-refractivity contribution in [2.75, 3.05) is 31.2 Å². The van der Waals surface area contributed by atoms with Crippen molar-refractivity contribution < 1.29 is 18.7 Å². The Balaban J connectivity index is 1.40. The molecule has 0 saturated carbocycles. The number of aromatic nitrogens is 2. The van der Waals surface area contributed by atoms with Gasteiger partial charge >= 0.3 is 0 Å². The Morgan fingerprint density at radius 2 is 1.87 bits per heavy atom. The van der Waals surface area contributed by atoms with Crippen LogP contribution < -0.4 is 15.0 Å². The average molecular weight is 422 g/mol. The third-order valence-corrected chi connectivity index (χ3v) is 4.77. The lowest BCUT2D eigenvalue weighted by Gasteiger charge is -2.27. The first kappa shape index (κ1) is 20.7. The summed E-state index contributed by atoms with van der Waals surface area (Å²) in [6.45, 7) is 4.99. The van der Waals surface area contributed by atoms with Crippen LogP contribution in [-0.2, 0) is 11.3 Å². The summed E-state index contributed by atoms with van der Waals surface area (Å²) in [5.41, 5.74) is 2.04. The minimum Gasteiger partial charge on any atom is -0.457 e. The molecule has 0 bridgehead atoms. The summed E-state index contributed by atoms with van der Waals surface area (Å²) in [5.74, 6) is 1.06. The maximum atomic E-state index is 13.1. The molecule has 2 heterocycles. The van der Waals surface area contributed by atoms with E-state index in [-0.39, 0.29) is 18.3 Å². The summed E-state index contributed by atoms with van der Waals surface area (Å²) in [7, 11) is 0. The zero-order valence-corrected chi connectivity index (χ0v) is 17.2. The van der Waals surface area contributed by atoms with Crippen LogP contribution in [0.5, 0.6) is 11.5 Å². The van der Waals surface area contributed by atoms with Crippen LogP contribution in [0.15, 0.2) is 54.6 Å². The minimum absolute atomic E-state index is 0.242. The van der Waals surface area contributed by atoms with Gasteiger partial charge in [0.05, 0.1) is 25.5 Å². The fourth-order valence-corrected chi connectivity index (χ4v) is 3.22. The predicted octanol–water partition coefficient (Wildman–Crippen LogP) is 3.48. The van der Waals surface area contributed by atoms with Gasteiger partial charge in [0.1, 0.15) is 17.3 Å². The van der Waals surface area contributed by atoms with Crippen molar-refractivity contribution in [3.8, 4) is 11.5 Å². The van der Waals surface area contributed by atoms with Crippen LogP contribution in [0.1, 0.15) is 21.7 Å². The lowest BCUT2D eigenvalue weighted by molar-refractivity contribution is 0.0950. The highest BCUT2D eigenvalue weighted by molar-refractivity contribution is 5.94. The number of anilines is 1. The lowest BCUT2D eigenvalue weighted by Crippen LogP contribution is -2.37. The largest absolute Gasteiger partial charge is 0.457 e. The summed E-state index contributed by atoms with van der Waals surface area (Å²) >= 11 is 0. The Kier molecular flexibility index (Phi) is 6.37. The van der Waals surface area contributed by atoms with Crippen molar-refractivity contribution in [2.24, 2.45) is 0 Å². The fourth-order valence-electron chi connectivity index (χ4n) is 3.22. The van der Waals surface area contributed by atoms with E-state index in [2.05, 4.69) is 20.2 Å². The molecule has 4 rings (SSSR count). The van der Waals surface area contributed by atoms with Gasteiger partial charge in [-0.05, 0) is 55.5 Å². The minimum atomic E-state index is -0.336. The highest BCUT2D eigenvalue weighted by atomic mass is 19.1. The van der Waals surface area contributed by atoms with Crippen molar-refractivity contribution in [3.63, 3.8) is 0 Å². The third-order valence-electron chi connectivity index (χ3n) is 4.77. The topological polar surface area (TPSA) is 76.6 Å². The first-order chi connectivity index (χ1) is 15.1. The summed E-state index contributed by atoms with van der Waals surface area (Å²) < 4.78 is 24.1. The van der Waals surface area contributed by atoms with Gasteiger partial charge in [-0.15, -0.1) is 0 Å². The van der Waals surface area contributed by atoms with E-state index in [1.165, 1.54) is 24.3 Å². The molecule has 1 fully saturated rings. The van der Waals surface area contributed by atoms with Gasteiger partial charge < -0.3 is 19.7 Å². The highest BCUT2D eigenvalue weighted by Gasteiger charge is 2.15. The summed E-state index contributed by atoms with van der Waals surface area (Å²) in [6.07, 6.45) is 0. The first-order valence-corrected chi connectivity index (χ1v) is 10.1. The molecule has 1 aliphatic heterocycles. The quantitative estimate of drug-likeness (QED) is 0.656. The maximum Gasteiger partial charge on any atom is 0.251 e. The van der Waals surface area contributed by atoms with E-state index < -0.39 is 0 Å². The second-order valence-electron chi connectivity index (χ2n) is 7.17. The summed E-state index contributed by atoms with van der Waals surface area (Å²) in [5, 5.41) is 2.89. The Morgan fingerprint density at radius 3 is 2.65 bits per heavy atom. The van der Waals surface area contributed by atoms with Gasteiger partial charge in [-0.3, -0.25) is 4.79 Å². The number of benzene rings is 2. The molecule has 31 heavy (non-hydrogen) atoms. The SMILES string of the molecule is Cc1cc(CNC(=O)c2cccc(Oc3ccc(F)cc3)c2)nc(N2CCOCC2)n1. The van der Waals surface area contributed by atoms with E-state index in [1.54, 1.807) is 24.3 Å². The standard InChI is InChI=1S/C23H23FN4O3/c1-16-13-19(27-23(26-16)28-9-11-30-12-10-28)15-25-22(29)17-3-2-4-21(14-17)31-20-7-5-18(24)6-8-20/h2-8,13-14H,9-12,15H2,1H3,(H,25,29). The number of halogens is 1. The van der Waals surface area contributed by atoms with Gasteiger partial charge in [-0.1, -0.05) is 6.07 Å². The molecular formula is C23H23FN4O3. The van der Waals surface area contributed by atoms with E-state index in [1.807, 2.05) is 13.0 Å². The van der Waals surface area contributed by atoms with Crippen molar-refractivity contribution >= 4 is 11.9 Å². The molecule has 1 saturated heterocycles. The fraction of sp³-hybridized carbons (Fsp3) is 0.261. The molecule has 8 heteroatoms. The van der Waals surface area contributed by atoms with Gasteiger partial charge in [0, 0.05) is 24.3 Å². The molecule has 7 nitrogen and oxygen atoms in total. The molecular weight excluding hydrogens is 399 g/mol. The number of amides is 1. The van der Waals surface area contributed by atoms with E-state index in [0.717, 1.165) is 24.5 Å². The number of carbonyl (C=O) groups is 1. The number of hydrogen-bond acceptors (Lipinski definition) is 6. The number of ether oxygens (including phenoxy) is 2. The molecule has 1 N–H and O–H groups in total. The predicted molar refractivity (Wildman–Crippen MR) is 114 cm³/mol. The number of hydrogen-bond donors (Lipinski definition) is 1. The van der Waals surface area contributed by atoms with Crippen LogP contribution in [0.25, 0.3) is 0 Å². The van der Waals surface area contributed by atoms with Crippen LogP contribution in [0.4, 0.5) is 10.3 Å². The normalized spacial score (nSPS) is 13.7. The van der Waals surface area contributed by atoms with E-state index in [4.69, 9.17) is 9.47 Å². The molecule has 0 atom stereocenters. The third kappa shape index (κ3) is 5.55. The number of carbonyl (C=O) groups excluding carboxylic acids is 1. The molecule has 1 aromatic heterocycles. The van der Waals surface area contributed by atoms with Crippen molar-refractivity contribution in [1.82, 2.24) is 15.3 Å². The number of nitrogens with zero attached hydrogens (tertiary/aromatic N) is 3. The number of morpholine rings is 1. The van der Waals surface area contributed by atoms with Crippen LogP contribution in [0, 0.1) is 12.7 Å². The van der Waals surface area contributed by atoms with Crippen molar-refractivity contribution in [3.05, 3.63) is 77.4 Å². The second-order valence-corrected chi connectivity index (χ2v) is 7.17. The van der Waals surface area contributed by atoms with Crippen LogP contribution in [-0.4, -0.2) is 42.2 Å². The highest BCUT2D eigenvalue weighted by Crippen LogP contribution is 2.22. The maximum absolute atomic E-state index is 13.1. The zero-order chi connectivity index (χ0) is 21.6. The number of aryl methyl sites for hydroxylation is 1. The monoisotopic (exact) mass is 422 g/mol. The van der Waals surface area contributed by atoms with Gasteiger partial charge in [-0.25, -0.2) is 14.4 Å². The molecule has 0 radical (unpaired) electrons. The Hall–Kier alpha value is -3.52. The molecule has 160 valence electrons. The average Bonchev–Trinajstić information content (AvgIpc) is 2.79. The van der Waals surface area contributed by atoms with E-state index in [9.17, 15) is 9.18 Å². The Morgan fingerprint density at radius 1 is 1.10 bits per heavy atom. The van der Waals surface area contributed by atoms with Gasteiger partial charge in [0.15, 0.2) is 0 Å². The van der Waals surface area contributed by atoms with Crippen molar-refractivity contribution in [2.45, 2.75) is 13.5 Å². The Bertz CT molecular complexity index is 1050. The molecule has 0 spiro atoms. The van der Waals surface area contributed by atoms with E-state index >= 15 is 0 Å². The summed E-state index contributed by atoms with van der Waals surface area (Å²) in [4.78, 5) is 23.8. The van der Waals surface area contributed by atoms with Gasteiger partial charge in [0.2, 0.25) is 5.95 Å². The molecule has 1 amide bonds. The van der Waals surface area contributed by atoms with Crippen LogP contribution in [0.2, 0.25) is 0 Å². The van der Waals surface area contributed by atoms with E-state index in [0.29, 0.717) is 36.2 Å².